The van der Waals surface area contributed by atoms with Gasteiger partial charge in [-0.15, -0.1) is 0 Å². The van der Waals surface area contributed by atoms with Gasteiger partial charge in [0.15, 0.2) is 0 Å². The van der Waals surface area contributed by atoms with Crippen LogP contribution in [0.3, 0.4) is 0 Å². The first-order chi connectivity index (χ1) is 9.24. The number of nitrogens with one attached hydrogen (secondary N) is 1. The molecule has 2 aliphatic heterocycles. The van der Waals surface area contributed by atoms with E-state index in [1.165, 1.54) is 11.3 Å². The molecule has 0 aromatic heterocycles. The SMILES string of the molecule is CN1CCc2cc(C(=O)NCC3CCCO3)ccc21. The van der Waals surface area contributed by atoms with Crippen LogP contribution in [-0.2, 0) is 11.2 Å². The number of amides is 1. The van der Waals surface area contributed by atoms with Crippen molar-refractivity contribution in [1.29, 1.82) is 0 Å². The normalized spacial score (nSPS) is 21.5. The van der Waals surface area contributed by atoms with Crippen LogP contribution in [-0.4, -0.2) is 38.8 Å². The summed E-state index contributed by atoms with van der Waals surface area (Å²) in [4.78, 5) is 14.3. The lowest BCUT2D eigenvalue weighted by Gasteiger charge is -2.13. The summed E-state index contributed by atoms with van der Waals surface area (Å²) in [6.07, 6.45) is 3.38. The molecule has 1 N–H and O–H groups in total. The van der Waals surface area contributed by atoms with E-state index in [-0.39, 0.29) is 12.0 Å². The van der Waals surface area contributed by atoms with Crippen LogP contribution in [0.4, 0.5) is 5.69 Å². The molecule has 1 atom stereocenters. The van der Waals surface area contributed by atoms with Gasteiger partial charge in [0, 0.05) is 38.0 Å². The Kier molecular flexibility index (Phi) is 3.42. The topological polar surface area (TPSA) is 41.6 Å². The number of likely N-dealkylation sites (N-methyl/N-ethyl adjacent to an activating group) is 1. The Labute approximate surface area is 113 Å². The average molecular weight is 260 g/mol. The minimum absolute atomic E-state index is 0.00727. The number of carbonyl (C=O) groups is 1. The van der Waals surface area contributed by atoms with Crippen LogP contribution in [0.5, 0.6) is 0 Å². The van der Waals surface area contributed by atoms with E-state index in [9.17, 15) is 4.79 Å². The molecule has 2 aliphatic rings. The Morgan fingerprint density at radius 2 is 2.42 bits per heavy atom. The minimum Gasteiger partial charge on any atom is -0.376 e. The highest BCUT2D eigenvalue weighted by atomic mass is 16.5. The average Bonchev–Trinajstić information content (AvgIpc) is 3.06. The molecule has 102 valence electrons. The van der Waals surface area contributed by atoms with Gasteiger partial charge in [-0.3, -0.25) is 4.79 Å². The first kappa shape index (κ1) is 12.5. The molecule has 1 unspecified atom stereocenters. The fraction of sp³-hybridized carbons (Fsp3) is 0.533. The van der Waals surface area contributed by atoms with Crippen molar-refractivity contribution in [3.8, 4) is 0 Å². The van der Waals surface area contributed by atoms with E-state index >= 15 is 0 Å². The van der Waals surface area contributed by atoms with Gasteiger partial charge in [0.25, 0.3) is 5.91 Å². The van der Waals surface area contributed by atoms with E-state index in [0.717, 1.165) is 38.0 Å². The summed E-state index contributed by atoms with van der Waals surface area (Å²) >= 11 is 0. The van der Waals surface area contributed by atoms with Gasteiger partial charge in [0.1, 0.15) is 0 Å². The van der Waals surface area contributed by atoms with Crippen molar-refractivity contribution < 1.29 is 9.53 Å². The summed E-state index contributed by atoms with van der Waals surface area (Å²) in [5.41, 5.74) is 3.27. The molecular formula is C15H20N2O2. The molecule has 1 fully saturated rings. The number of anilines is 1. The maximum absolute atomic E-state index is 12.1. The zero-order valence-corrected chi connectivity index (χ0v) is 11.3. The van der Waals surface area contributed by atoms with Crippen molar-refractivity contribution in [1.82, 2.24) is 5.32 Å². The summed E-state index contributed by atoms with van der Waals surface area (Å²) in [5, 5.41) is 2.97. The molecule has 0 saturated carbocycles. The van der Waals surface area contributed by atoms with Crippen LogP contribution in [0.15, 0.2) is 18.2 Å². The van der Waals surface area contributed by atoms with Crippen LogP contribution in [0, 0.1) is 0 Å². The second kappa shape index (κ2) is 5.21. The Hall–Kier alpha value is -1.55. The molecule has 3 rings (SSSR count). The van der Waals surface area contributed by atoms with Crippen molar-refractivity contribution in [2.75, 3.05) is 31.6 Å². The van der Waals surface area contributed by atoms with Crippen LogP contribution < -0.4 is 10.2 Å². The molecule has 1 aromatic rings. The van der Waals surface area contributed by atoms with Gasteiger partial charge >= 0.3 is 0 Å². The largest absolute Gasteiger partial charge is 0.376 e. The van der Waals surface area contributed by atoms with Crippen molar-refractivity contribution in [3.63, 3.8) is 0 Å². The highest BCUT2D eigenvalue weighted by Crippen LogP contribution is 2.27. The second-order valence-electron chi connectivity index (χ2n) is 5.36. The molecule has 1 saturated heterocycles. The maximum atomic E-state index is 12.1. The first-order valence-electron chi connectivity index (χ1n) is 6.98. The van der Waals surface area contributed by atoms with Crippen LogP contribution >= 0.6 is 0 Å². The number of carbonyl (C=O) groups excluding carboxylic acids is 1. The molecule has 4 heteroatoms. The summed E-state index contributed by atoms with van der Waals surface area (Å²) in [5.74, 6) is 0.00727. The van der Waals surface area contributed by atoms with Gasteiger partial charge in [-0.2, -0.15) is 0 Å². The fourth-order valence-corrected chi connectivity index (χ4v) is 2.82. The predicted molar refractivity (Wildman–Crippen MR) is 74.7 cm³/mol. The van der Waals surface area contributed by atoms with E-state index in [4.69, 9.17) is 4.74 Å². The van der Waals surface area contributed by atoms with Gasteiger partial charge in [-0.25, -0.2) is 0 Å². The molecule has 0 radical (unpaired) electrons. The molecule has 2 heterocycles. The van der Waals surface area contributed by atoms with Crippen LogP contribution in [0.25, 0.3) is 0 Å². The third kappa shape index (κ3) is 2.59. The number of nitrogens with zero attached hydrogens (tertiary/aromatic N) is 1. The molecule has 19 heavy (non-hydrogen) atoms. The summed E-state index contributed by atoms with van der Waals surface area (Å²) < 4.78 is 5.51. The lowest BCUT2D eigenvalue weighted by Crippen LogP contribution is -2.31. The number of benzene rings is 1. The minimum atomic E-state index is 0.00727. The Morgan fingerprint density at radius 3 is 3.21 bits per heavy atom. The van der Waals surface area contributed by atoms with E-state index in [1.54, 1.807) is 0 Å². The smallest absolute Gasteiger partial charge is 0.251 e. The molecular weight excluding hydrogens is 240 g/mol. The van der Waals surface area contributed by atoms with Crippen molar-refractivity contribution in [2.24, 2.45) is 0 Å². The van der Waals surface area contributed by atoms with Gasteiger partial charge in [-0.1, -0.05) is 0 Å². The van der Waals surface area contributed by atoms with Crippen LogP contribution in [0.2, 0.25) is 0 Å². The van der Waals surface area contributed by atoms with Crippen molar-refractivity contribution >= 4 is 11.6 Å². The zero-order chi connectivity index (χ0) is 13.2. The highest BCUT2D eigenvalue weighted by Gasteiger charge is 2.19. The molecule has 1 amide bonds. The summed E-state index contributed by atoms with van der Waals surface area (Å²) in [6, 6.07) is 5.97. The predicted octanol–water partition coefficient (Wildman–Crippen LogP) is 1.59. The lowest BCUT2D eigenvalue weighted by molar-refractivity contribution is 0.0857. The maximum Gasteiger partial charge on any atom is 0.251 e. The number of hydrogen-bond acceptors (Lipinski definition) is 3. The van der Waals surface area contributed by atoms with E-state index in [1.807, 2.05) is 18.2 Å². The first-order valence-corrected chi connectivity index (χ1v) is 6.98. The molecule has 1 aromatic carbocycles. The van der Waals surface area contributed by atoms with Crippen LogP contribution in [0.1, 0.15) is 28.8 Å². The molecule has 0 spiro atoms. The monoisotopic (exact) mass is 260 g/mol. The zero-order valence-electron chi connectivity index (χ0n) is 11.3. The third-order valence-electron chi connectivity index (χ3n) is 3.98. The van der Waals surface area contributed by atoms with Crippen molar-refractivity contribution in [2.45, 2.75) is 25.4 Å². The standard InChI is InChI=1S/C15H20N2O2/c1-17-7-6-11-9-12(4-5-14(11)17)15(18)16-10-13-3-2-8-19-13/h4-5,9,13H,2-3,6-8,10H2,1H3,(H,16,18). The lowest BCUT2D eigenvalue weighted by atomic mass is 10.1. The quantitative estimate of drug-likeness (QED) is 0.897. The number of rotatable bonds is 3. The fourth-order valence-electron chi connectivity index (χ4n) is 2.82. The van der Waals surface area contributed by atoms with Crippen molar-refractivity contribution in [3.05, 3.63) is 29.3 Å². The van der Waals surface area contributed by atoms with Gasteiger partial charge in [0.2, 0.25) is 0 Å². The number of fused-ring (bicyclic) bond motifs is 1. The second-order valence-corrected chi connectivity index (χ2v) is 5.36. The summed E-state index contributed by atoms with van der Waals surface area (Å²) in [7, 11) is 2.09. The van der Waals surface area contributed by atoms with Gasteiger partial charge in [-0.05, 0) is 43.0 Å². The Balaban J connectivity index is 1.63. The highest BCUT2D eigenvalue weighted by molar-refractivity contribution is 5.95. The number of ether oxygens (including phenoxy) is 1. The van der Waals surface area contributed by atoms with E-state index < -0.39 is 0 Å². The third-order valence-corrected chi connectivity index (χ3v) is 3.98. The molecule has 0 bridgehead atoms. The van der Waals surface area contributed by atoms with Gasteiger partial charge < -0.3 is 15.0 Å². The van der Waals surface area contributed by atoms with E-state index in [2.05, 4.69) is 17.3 Å². The van der Waals surface area contributed by atoms with E-state index in [0.29, 0.717) is 6.54 Å². The Morgan fingerprint density at radius 1 is 1.53 bits per heavy atom. The van der Waals surface area contributed by atoms with Gasteiger partial charge in [0.05, 0.1) is 6.10 Å². The summed E-state index contributed by atoms with van der Waals surface area (Å²) in [6.45, 7) is 2.48. The number of hydrogen-bond donors (Lipinski definition) is 1. The molecule has 0 aliphatic carbocycles. The molecule has 4 nitrogen and oxygen atoms in total. The Bertz CT molecular complexity index is 481.